The standard InChI is InChI=1S/C10H18N4O4S/c1-10(2,3)14-19(17,18)13-8(9(15)16)4-7-5-11-6-12-7/h5-6,8,13-14H,4H2,1-3H3,(H,11,12)(H,15,16)/t8-/m0/s1. The Morgan fingerprint density at radius 1 is 1.53 bits per heavy atom. The zero-order valence-corrected chi connectivity index (χ0v) is 11.8. The van der Waals surface area contributed by atoms with Crippen LogP contribution in [0, 0.1) is 0 Å². The Balaban J connectivity index is 2.76. The van der Waals surface area contributed by atoms with E-state index in [4.69, 9.17) is 5.11 Å². The lowest BCUT2D eigenvalue weighted by atomic mass is 10.1. The summed E-state index contributed by atoms with van der Waals surface area (Å²) in [6.45, 7) is 4.99. The van der Waals surface area contributed by atoms with Crippen LogP contribution in [0.3, 0.4) is 0 Å². The van der Waals surface area contributed by atoms with Crippen molar-refractivity contribution in [2.45, 2.75) is 38.8 Å². The summed E-state index contributed by atoms with van der Waals surface area (Å²) in [7, 11) is -3.90. The predicted molar refractivity (Wildman–Crippen MR) is 68.7 cm³/mol. The molecule has 108 valence electrons. The fourth-order valence-electron chi connectivity index (χ4n) is 1.42. The summed E-state index contributed by atoms with van der Waals surface area (Å²) in [6, 6.07) is -1.26. The van der Waals surface area contributed by atoms with Crippen molar-refractivity contribution in [3.63, 3.8) is 0 Å². The van der Waals surface area contributed by atoms with E-state index in [9.17, 15) is 13.2 Å². The van der Waals surface area contributed by atoms with Crippen molar-refractivity contribution in [3.8, 4) is 0 Å². The summed E-state index contributed by atoms with van der Waals surface area (Å²) in [6.07, 6.45) is 2.83. The van der Waals surface area contributed by atoms with Crippen LogP contribution in [0.2, 0.25) is 0 Å². The summed E-state index contributed by atoms with van der Waals surface area (Å²) in [4.78, 5) is 17.6. The molecule has 0 amide bonds. The van der Waals surface area contributed by atoms with Crippen LogP contribution in [0.1, 0.15) is 26.5 Å². The Bertz CT molecular complexity index is 518. The zero-order valence-electron chi connectivity index (χ0n) is 11.0. The van der Waals surface area contributed by atoms with Crippen LogP contribution >= 0.6 is 0 Å². The van der Waals surface area contributed by atoms with Gasteiger partial charge in [-0.3, -0.25) is 4.79 Å². The average molecular weight is 290 g/mol. The molecule has 4 N–H and O–H groups in total. The largest absolute Gasteiger partial charge is 0.480 e. The maximum Gasteiger partial charge on any atom is 0.322 e. The molecule has 0 bridgehead atoms. The number of nitrogens with one attached hydrogen (secondary N) is 3. The van der Waals surface area contributed by atoms with E-state index < -0.39 is 27.8 Å². The molecule has 19 heavy (non-hydrogen) atoms. The smallest absolute Gasteiger partial charge is 0.322 e. The van der Waals surface area contributed by atoms with Gasteiger partial charge < -0.3 is 10.1 Å². The van der Waals surface area contributed by atoms with Crippen LogP contribution < -0.4 is 9.44 Å². The number of carboxylic acid groups (broad SMARTS) is 1. The highest BCUT2D eigenvalue weighted by Crippen LogP contribution is 2.04. The van der Waals surface area contributed by atoms with Crippen molar-refractivity contribution in [2.24, 2.45) is 0 Å². The maximum atomic E-state index is 11.8. The molecule has 0 aliphatic rings. The fourth-order valence-corrected chi connectivity index (χ4v) is 2.84. The number of nitrogens with zero attached hydrogens (tertiary/aromatic N) is 1. The van der Waals surface area contributed by atoms with Crippen molar-refractivity contribution < 1.29 is 18.3 Å². The summed E-state index contributed by atoms with van der Waals surface area (Å²) >= 11 is 0. The van der Waals surface area contributed by atoms with Gasteiger partial charge in [0.15, 0.2) is 0 Å². The number of carboxylic acids is 1. The minimum atomic E-state index is -3.90. The van der Waals surface area contributed by atoms with Crippen LogP contribution in [0.15, 0.2) is 12.5 Å². The highest BCUT2D eigenvalue weighted by molar-refractivity contribution is 7.87. The first-order valence-electron chi connectivity index (χ1n) is 5.60. The predicted octanol–water partition coefficient (Wildman–Crippen LogP) is -0.372. The summed E-state index contributed by atoms with van der Waals surface area (Å²) in [5.41, 5.74) is -0.158. The average Bonchev–Trinajstić information content (AvgIpc) is 2.64. The molecule has 1 atom stereocenters. The minimum absolute atomic E-state index is 0.0135. The number of rotatable bonds is 6. The molecular formula is C10H18N4O4S. The summed E-state index contributed by atoms with van der Waals surface area (Å²) < 4.78 is 28.0. The normalized spacial score (nSPS) is 14.3. The molecule has 1 rings (SSSR count). The van der Waals surface area contributed by atoms with Crippen molar-refractivity contribution in [1.29, 1.82) is 0 Å². The van der Waals surface area contributed by atoms with Gasteiger partial charge in [0, 0.05) is 23.9 Å². The lowest BCUT2D eigenvalue weighted by Crippen LogP contribution is -2.52. The van der Waals surface area contributed by atoms with Gasteiger partial charge in [0.25, 0.3) is 10.2 Å². The van der Waals surface area contributed by atoms with Gasteiger partial charge in [-0.25, -0.2) is 4.98 Å². The second-order valence-electron chi connectivity index (χ2n) is 5.15. The van der Waals surface area contributed by atoms with E-state index in [0.717, 1.165) is 0 Å². The molecule has 0 aromatic carbocycles. The number of H-pyrrole nitrogens is 1. The third-order valence-electron chi connectivity index (χ3n) is 2.01. The number of imidazole rings is 1. The zero-order chi connectivity index (χ0) is 14.7. The van der Waals surface area contributed by atoms with E-state index in [0.29, 0.717) is 5.69 Å². The van der Waals surface area contributed by atoms with E-state index in [1.807, 2.05) is 0 Å². The second kappa shape index (κ2) is 5.68. The van der Waals surface area contributed by atoms with Gasteiger partial charge in [-0.15, -0.1) is 0 Å². The first-order chi connectivity index (χ1) is 8.59. The van der Waals surface area contributed by atoms with Crippen LogP contribution in [0.5, 0.6) is 0 Å². The Hall–Kier alpha value is -1.45. The van der Waals surface area contributed by atoms with Gasteiger partial charge in [-0.05, 0) is 20.8 Å². The molecule has 1 aromatic heterocycles. The van der Waals surface area contributed by atoms with Crippen LogP contribution in [0.4, 0.5) is 0 Å². The van der Waals surface area contributed by atoms with E-state index in [2.05, 4.69) is 19.4 Å². The molecule has 8 nitrogen and oxygen atoms in total. The van der Waals surface area contributed by atoms with Crippen LogP contribution in [0.25, 0.3) is 0 Å². The fraction of sp³-hybridized carbons (Fsp3) is 0.600. The topological polar surface area (TPSA) is 124 Å². The lowest BCUT2D eigenvalue weighted by Gasteiger charge is -2.22. The molecule has 1 aromatic rings. The van der Waals surface area contributed by atoms with Crippen molar-refractivity contribution in [1.82, 2.24) is 19.4 Å². The monoisotopic (exact) mass is 290 g/mol. The molecule has 0 saturated heterocycles. The summed E-state index contributed by atoms with van der Waals surface area (Å²) in [5.74, 6) is -1.26. The maximum absolute atomic E-state index is 11.8. The van der Waals surface area contributed by atoms with Gasteiger partial charge in [-0.2, -0.15) is 17.9 Å². The van der Waals surface area contributed by atoms with Crippen LogP contribution in [-0.2, 0) is 21.4 Å². The molecule has 0 spiro atoms. The Morgan fingerprint density at radius 2 is 2.16 bits per heavy atom. The van der Waals surface area contributed by atoms with E-state index in [-0.39, 0.29) is 6.42 Å². The molecule has 0 saturated carbocycles. The van der Waals surface area contributed by atoms with Crippen molar-refractivity contribution in [3.05, 3.63) is 18.2 Å². The van der Waals surface area contributed by atoms with Crippen molar-refractivity contribution >= 4 is 16.2 Å². The van der Waals surface area contributed by atoms with Gasteiger partial charge in [0.1, 0.15) is 6.04 Å². The number of aliphatic carboxylic acids is 1. The molecule has 0 fully saturated rings. The molecule has 9 heteroatoms. The number of aromatic amines is 1. The third kappa shape index (κ3) is 5.81. The summed E-state index contributed by atoms with van der Waals surface area (Å²) in [5, 5.41) is 9.04. The second-order valence-corrected chi connectivity index (χ2v) is 6.59. The van der Waals surface area contributed by atoms with E-state index >= 15 is 0 Å². The number of carbonyl (C=O) groups is 1. The van der Waals surface area contributed by atoms with Gasteiger partial charge >= 0.3 is 5.97 Å². The third-order valence-corrected chi connectivity index (χ3v) is 3.49. The lowest BCUT2D eigenvalue weighted by molar-refractivity contribution is -0.138. The molecule has 0 aliphatic heterocycles. The molecule has 0 unspecified atom stereocenters. The first kappa shape index (κ1) is 15.6. The Kier molecular flexibility index (Phi) is 4.66. The first-order valence-corrected chi connectivity index (χ1v) is 7.09. The van der Waals surface area contributed by atoms with Gasteiger partial charge in [0.2, 0.25) is 0 Å². The number of aromatic nitrogens is 2. The highest BCUT2D eigenvalue weighted by Gasteiger charge is 2.27. The SMILES string of the molecule is CC(C)(C)NS(=O)(=O)N[C@@H](Cc1cnc[nH]1)C(=O)O. The minimum Gasteiger partial charge on any atom is -0.480 e. The Labute approximate surface area is 111 Å². The van der Waals surface area contributed by atoms with E-state index in [1.54, 1.807) is 20.8 Å². The van der Waals surface area contributed by atoms with Gasteiger partial charge in [0.05, 0.1) is 6.33 Å². The van der Waals surface area contributed by atoms with E-state index in [1.165, 1.54) is 12.5 Å². The number of hydrogen-bond acceptors (Lipinski definition) is 4. The molecule has 1 heterocycles. The quantitative estimate of drug-likeness (QED) is 0.569. The van der Waals surface area contributed by atoms with Crippen molar-refractivity contribution in [2.75, 3.05) is 0 Å². The van der Waals surface area contributed by atoms with Crippen LogP contribution in [-0.4, -0.2) is 41.0 Å². The molecule has 0 radical (unpaired) electrons. The molecular weight excluding hydrogens is 272 g/mol. The highest BCUT2D eigenvalue weighted by atomic mass is 32.2. The molecule has 0 aliphatic carbocycles. The number of hydrogen-bond donors (Lipinski definition) is 4. The Morgan fingerprint density at radius 3 is 2.58 bits per heavy atom. The van der Waals surface area contributed by atoms with Gasteiger partial charge in [-0.1, -0.05) is 0 Å².